The maximum absolute atomic E-state index is 12.3. The van der Waals surface area contributed by atoms with Gasteiger partial charge in [-0.25, -0.2) is 18.1 Å². The van der Waals surface area contributed by atoms with Crippen LogP contribution in [-0.4, -0.2) is 55.1 Å². The highest BCUT2D eigenvalue weighted by Gasteiger charge is 2.24. The Morgan fingerprint density at radius 2 is 1.91 bits per heavy atom. The number of carbonyl (C=O) groups excluding carboxylic acids is 1. The van der Waals surface area contributed by atoms with Crippen molar-refractivity contribution < 1.29 is 17.9 Å². The third-order valence-corrected chi connectivity index (χ3v) is 7.03. The highest BCUT2D eigenvalue weighted by molar-refractivity contribution is 7.88. The molecular formula is C26H34N4O4S. The molecule has 0 atom stereocenters. The smallest absolute Gasteiger partial charge is 0.222 e. The zero-order chi connectivity index (χ0) is 25.0. The highest BCUT2D eigenvalue weighted by atomic mass is 32.2. The molecule has 3 heterocycles. The third-order valence-electron chi connectivity index (χ3n) is 6.36. The summed E-state index contributed by atoms with van der Waals surface area (Å²) in [5.74, 6) is 1.83. The summed E-state index contributed by atoms with van der Waals surface area (Å²) in [5.41, 5.74) is 3.62. The van der Waals surface area contributed by atoms with Crippen LogP contribution in [0.25, 0.3) is 22.2 Å². The van der Waals surface area contributed by atoms with Gasteiger partial charge in [-0.3, -0.25) is 4.79 Å². The maximum Gasteiger partial charge on any atom is 0.222 e. The zero-order valence-corrected chi connectivity index (χ0v) is 21.4. The number of carbonyl (C=O) groups is 1. The third kappa shape index (κ3) is 6.61. The minimum atomic E-state index is -3.24. The van der Waals surface area contributed by atoms with E-state index < -0.39 is 10.0 Å². The first-order valence-corrected chi connectivity index (χ1v) is 14.0. The van der Waals surface area contributed by atoms with Crippen LogP contribution < -0.4 is 9.46 Å². The fourth-order valence-corrected chi connectivity index (χ4v) is 4.85. The van der Waals surface area contributed by atoms with Crippen LogP contribution in [0.15, 0.2) is 42.7 Å². The summed E-state index contributed by atoms with van der Waals surface area (Å²) in [4.78, 5) is 22.0. The van der Waals surface area contributed by atoms with Gasteiger partial charge < -0.3 is 14.6 Å². The van der Waals surface area contributed by atoms with Crippen LogP contribution in [0.4, 0.5) is 0 Å². The van der Waals surface area contributed by atoms with Crippen molar-refractivity contribution in [3.05, 3.63) is 48.3 Å². The molecule has 9 heteroatoms. The van der Waals surface area contributed by atoms with Crippen molar-refractivity contribution in [1.82, 2.24) is 19.6 Å². The number of nitrogens with one attached hydrogen (secondary N) is 2. The van der Waals surface area contributed by atoms with Crippen molar-refractivity contribution in [3.63, 3.8) is 0 Å². The van der Waals surface area contributed by atoms with Crippen LogP contribution in [0.3, 0.4) is 0 Å². The normalized spacial score (nSPS) is 15.1. The van der Waals surface area contributed by atoms with E-state index in [-0.39, 0.29) is 12.5 Å². The van der Waals surface area contributed by atoms with E-state index >= 15 is 0 Å². The number of pyridine rings is 1. The fraction of sp³-hybridized carbons (Fsp3) is 0.462. The molecule has 3 aromatic rings. The lowest BCUT2D eigenvalue weighted by molar-refractivity contribution is -0.133. The van der Waals surface area contributed by atoms with Crippen LogP contribution in [0, 0.1) is 11.8 Å². The lowest BCUT2D eigenvalue weighted by atomic mass is 9.97. The molecule has 0 bridgehead atoms. The minimum absolute atomic E-state index is 0.255. The quantitative estimate of drug-likeness (QED) is 0.465. The fourth-order valence-electron chi connectivity index (χ4n) is 4.43. The Bertz CT molecular complexity index is 1260. The van der Waals surface area contributed by atoms with Gasteiger partial charge in [-0.1, -0.05) is 38.1 Å². The van der Waals surface area contributed by atoms with Crippen LogP contribution in [0.2, 0.25) is 0 Å². The number of hydrogen-bond donors (Lipinski definition) is 2. The van der Waals surface area contributed by atoms with E-state index in [0.717, 1.165) is 65.7 Å². The van der Waals surface area contributed by atoms with Gasteiger partial charge in [-0.2, -0.15) is 0 Å². The molecule has 188 valence electrons. The Kier molecular flexibility index (Phi) is 7.76. The second-order valence-corrected chi connectivity index (χ2v) is 11.6. The van der Waals surface area contributed by atoms with E-state index in [0.29, 0.717) is 24.9 Å². The lowest BCUT2D eigenvalue weighted by Gasteiger charge is -2.32. The number of fused-ring (bicyclic) bond motifs is 1. The number of ether oxygens (including phenoxy) is 1. The van der Waals surface area contributed by atoms with Crippen molar-refractivity contribution >= 4 is 27.0 Å². The molecule has 1 saturated heterocycles. The van der Waals surface area contributed by atoms with Gasteiger partial charge in [-0.05, 0) is 41.9 Å². The number of hydrogen-bond acceptors (Lipinski definition) is 5. The molecule has 0 unspecified atom stereocenters. The molecule has 4 rings (SSSR count). The first-order chi connectivity index (χ1) is 16.7. The van der Waals surface area contributed by atoms with Gasteiger partial charge in [0.25, 0.3) is 0 Å². The Hall–Kier alpha value is -2.91. The highest BCUT2D eigenvalue weighted by Crippen LogP contribution is 2.35. The molecule has 1 aliphatic heterocycles. The summed E-state index contributed by atoms with van der Waals surface area (Å²) in [7, 11) is -3.24. The molecule has 0 radical (unpaired) electrons. The number of piperidine rings is 1. The minimum Gasteiger partial charge on any atom is -0.492 e. The van der Waals surface area contributed by atoms with E-state index in [9.17, 15) is 13.2 Å². The monoisotopic (exact) mass is 498 g/mol. The van der Waals surface area contributed by atoms with Gasteiger partial charge in [0, 0.05) is 44.0 Å². The number of H-pyrrole nitrogens is 1. The van der Waals surface area contributed by atoms with Gasteiger partial charge in [0.2, 0.25) is 15.9 Å². The van der Waals surface area contributed by atoms with E-state index in [2.05, 4.69) is 28.5 Å². The van der Waals surface area contributed by atoms with E-state index in [4.69, 9.17) is 4.74 Å². The molecule has 0 aliphatic carbocycles. The standard InChI is InChI=1S/C26H34N4O4S/c1-18(2)14-24(31)30-12-9-20(10-13-30)17-34-23-8-11-27-26-25(23)22(16-28-26)21-6-4-19(5-7-21)15-29-35(3,32)33/h4-8,11,16,18,20,29H,9-10,12-15,17H2,1-3H3,(H,27,28). The Balaban J connectivity index is 1.42. The first kappa shape index (κ1) is 25.2. The molecule has 1 fully saturated rings. The van der Waals surface area contributed by atoms with E-state index in [1.54, 1.807) is 6.20 Å². The maximum atomic E-state index is 12.3. The van der Waals surface area contributed by atoms with Crippen LogP contribution in [0.5, 0.6) is 5.75 Å². The van der Waals surface area contributed by atoms with Gasteiger partial charge in [0.15, 0.2) is 0 Å². The molecule has 0 spiro atoms. The average Bonchev–Trinajstić information content (AvgIpc) is 3.26. The van der Waals surface area contributed by atoms with E-state index in [1.807, 2.05) is 41.4 Å². The second kappa shape index (κ2) is 10.8. The first-order valence-electron chi connectivity index (χ1n) is 12.1. The summed E-state index contributed by atoms with van der Waals surface area (Å²) in [6.07, 6.45) is 7.32. The predicted octanol–water partition coefficient (Wildman–Crippen LogP) is 3.94. The van der Waals surface area contributed by atoms with Crippen LogP contribution >= 0.6 is 0 Å². The average molecular weight is 499 g/mol. The summed E-state index contributed by atoms with van der Waals surface area (Å²) in [6, 6.07) is 9.67. The number of nitrogens with zero attached hydrogens (tertiary/aromatic N) is 2. The van der Waals surface area contributed by atoms with Gasteiger partial charge in [-0.15, -0.1) is 0 Å². The Morgan fingerprint density at radius 1 is 1.20 bits per heavy atom. The second-order valence-electron chi connectivity index (χ2n) is 9.76. The van der Waals surface area contributed by atoms with Crippen LogP contribution in [0.1, 0.15) is 38.7 Å². The summed E-state index contributed by atoms with van der Waals surface area (Å²) >= 11 is 0. The molecule has 2 N–H and O–H groups in total. The Labute approximate surface area is 207 Å². The molecular weight excluding hydrogens is 464 g/mol. The molecule has 1 aliphatic rings. The number of likely N-dealkylation sites (tertiary alicyclic amines) is 1. The topological polar surface area (TPSA) is 104 Å². The number of sulfonamides is 1. The number of aromatic nitrogens is 2. The summed E-state index contributed by atoms with van der Waals surface area (Å²) in [5, 5.41) is 0.930. The number of amides is 1. The van der Waals surface area contributed by atoms with Crippen LogP contribution in [-0.2, 0) is 21.4 Å². The molecule has 1 aromatic carbocycles. The molecule has 8 nitrogen and oxygen atoms in total. The SMILES string of the molecule is CC(C)CC(=O)N1CCC(COc2ccnc3[nH]cc(-c4ccc(CNS(C)(=O)=O)cc4)c23)CC1. The molecule has 35 heavy (non-hydrogen) atoms. The number of benzene rings is 1. The predicted molar refractivity (Wildman–Crippen MR) is 137 cm³/mol. The van der Waals surface area contributed by atoms with Gasteiger partial charge in [0.1, 0.15) is 11.4 Å². The molecule has 1 amide bonds. The largest absolute Gasteiger partial charge is 0.492 e. The van der Waals surface area contributed by atoms with Gasteiger partial charge in [0.05, 0.1) is 18.2 Å². The lowest BCUT2D eigenvalue weighted by Crippen LogP contribution is -2.40. The van der Waals surface area contributed by atoms with Crippen molar-refractivity contribution in [2.75, 3.05) is 26.0 Å². The van der Waals surface area contributed by atoms with Crippen molar-refractivity contribution in [1.29, 1.82) is 0 Å². The van der Waals surface area contributed by atoms with Crippen molar-refractivity contribution in [3.8, 4) is 16.9 Å². The summed E-state index contributed by atoms with van der Waals surface area (Å²) in [6.45, 7) is 6.60. The summed E-state index contributed by atoms with van der Waals surface area (Å²) < 4.78 is 31.5. The number of rotatable bonds is 9. The zero-order valence-electron chi connectivity index (χ0n) is 20.6. The van der Waals surface area contributed by atoms with Gasteiger partial charge >= 0.3 is 0 Å². The molecule has 0 saturated carbocycles. The van der Waals surface area contributed by atoms with Crippen molar-refractivity contribution in [2.24, 2.45) is 11.8 Å². The van der Waals surface area contributed by atoms with E-state index in [1.165, 1.54) is 0 Å². The number of aromatic amines is 1. The van der Waals surface area contributed by atoms with Crippen molar-refractivity contribution in [2.45, 2.75) is 39.7 Å². The Morgan fingerprint density at radius 3 is 2.57 bits per heavy atom. The molecule has 2 aromatic heterocycles.